The van der Waals surface area contributed by atoms with Gasteiger partial charge in [-0.1, -0.05) is 6.08 Å². The Kier molecular flexibility index (Phi) is 4.24. The summed E-state index contributed by atoms with van der Waals surface area (Å²) in [6, 6.07) is 0. The van der Waals surface area contributed by atoms with Crippen molar-refractivity contribution in [3.63, 3.8) is 0 Å². The molecule has 0 saturated carbocycles. The first-order valence-electron chi connectivity index (χ1n) is 4.33. The molecule has 1 saturated heterocycles. The van der Waals surface area contributed by atoms with Crippen molar-refractivity contribution < 1.29 is 4.74 Å². The molecule has 1 N–H and O–H groups in total. The second-order valence-electron chi connectivity index (χ2n) is 3.01. The van der Waals surface area contributed by atoms with E-state index in [1.165, 1.54) is 6.42 Å². The van der Waals surface area contributed by atoms with Crippen LogP contribution in [0.15, 0.2) is 12.7 Å². The van der Waals surface area contributed by atoms with Crippen LogP contribution in [0.1, 0.15) is 12.8 Å². The van der Waals surface area contributed by atoms with Gasteiger partial charge in [-0.05, 0) is 25.3 Å². The Hall–Kier alpha value is -0.340. The molecule has 1 fully saturated rings. The van der Waals surface area contributed by atoms with E-state index in [1.807, 2.05) is 6.08 Å². The molecule has 0 aliphatic carbocycles. The van der Waals surface area contributed by atoms with E-state index in [0.29, 0.717) is 0 Å². The van der Waals surface area contributed by atoms with Crippen LogP contribution in [0.4, 0.5) is 0 Å². The molecule has 1 unspecified atom stereocenters. The van der Waals surface area contributed by atoms with E-state index in [4.69, 9.17) is 4.74 Å². The minimum absolute atomic E-state index is 0.750. The largest absolute Gasteiger partial charge is 0.381 e. The quantitative estimate of drug-likeness (QED) is 0.475. The third kappa shape index (κ3) is 3.54. The van der Waals surface area contributed by atoms with Crippen molar-refractivity contribution in [3.05, 3.63) is 12.7 Å². The van der Waals surface area contributed by atoms with Crippen molar-refractivity contribution in [3.8, 4) is 0 Å². The number of rotatable bonds is 5. The lowest BCUT2D eigenvalue weighted by Gasteiger charge is -2.07. The smallest absolute Gasteiger partial charge is 0.0507 e. The lowest BCUT2D eigenvalue weighted by Crippen LogP contribution is -2.23. The van der Waals surface area contributed by atoms with E-state index < -0.39 is 0 Å². The van der Waals surface area contributed by atoms with Crippen LogP contribution in [-0.4, -0.2) is 26.3 Å². The van der Waals surface area contributed by atoms with E-state index in [2.05, 4.69) is 11.9 Å². The SMILES string of the molecule is C=CCCNCC1CCOC1. The zero-order valence-electron chi connectivity index (χ0n) is 7.01. The highest BCUT2D eigenvalue weighted by molar-refractivity contribution is 4.70. The van der Waals surface area contributed by atoms with Crippen LogP contribution in [0.2, 0.25) is 0 Å². The van der Waals surface area contributed by atoms with Crippen molar-refractivity contribution >= 4 is 0 Å². The zero-order chi connectivity index (χ0) is 7.94. The first-order valence-corrected chi connectivity index (χ1v) is 4.33. The predicted octanol–water partition coefficient (Wildman–Crippen LogP) is 1.19. The zero-order valence-corrected chi connectivity index (χ0v) is 7.01. The standard InChI is InChI=1S/C9H17NO/c1-2-3-5-10-7-9-4-6-11-8-9/h2,9-10H,1,3-8H2. The van der Waals surface area contributed by atoms with Crippen molar-refractivity contribution in [2.45, 2.75) is 12.8 Å². The molecular formula is C9H17NO. The van der Waals surface area contributed by atoms with Gasteiger partial charge in [0.1, 0.15) is 0 Å². The van der Waals surface area contributed by atoms with Gasteiger partial charge in [-0.2, -0.15) is 0 Å². The highest BCUT2D eigenvalue weighted by Crippen LogP contribution is 2.10. The molecular weight excluding hydrogens is 138 g/mol. The Morgan fingerprint density at radius 1 is 1.64 bits per heavy atom. The van der Waals surface area contributed by atoms with Gasteiger partial charge >= 0.3 is 0 Å². The van der Waals surface area contributed by atoms with E-state index >= 15 is 0 Å². The van der Waals surface area contributed by atoms with Gasteiger partial charge in [-0.25, -0.2) is 0 Å². The first kappa shape index (κ1) is 8.75. The molecule has 1 heterocycles. The topological polar surface area (TPSA) is 21.3 Å². The molecule has 0 spiro atoms. The van der Waals surface area contributed by atoms with Gasteiger partial charge in [0.2, 0.25) is 0 Å². The molecule has 2 nitrogen and oxygen atoms in total. The Balaban J connectivity index is 1.89. The summed E-state index contributed by atoms with van der Waals surface area (Å²) in [5.41, 5.74) is 0. The summed E-state index contributed by atoms with van der Waals surface area (Å²) < 4.78 is 5.25. The van der Waals surface area contributed by atoms with Crippen LogP contribution in [0, 0.1) is 5.92 Å². The number of ether oxygens (including phenoxy) is 1. The normalized spacial score (nSPS) is 23.8. The highest BCUT2D eigenvalue weighted by Gasteiger charge is 2.13. The van der Waals surface area contributed by atoms with Crippen LogP contribution in [0.25, 0.3) is 0 Å². The Morgan fingerprint density at radius 2 is 2.55 bits per heavy atom. The molecule has 0 aromatic rings. The monoisotopic (exact) mass is 155 g/mol. The predicted molar refractivity (Wildman–Crippen MR) is 46.6 cm³/mol. The summed E-state index contributed by atoms with van der Waals surface area (Å²) in [7, 11) is 0. The Labute approximate surface area is 68.6 Å². The molecule has 1 rings (SSSR count). The van der Waals surface area contributed by atoms with Gasteiger partial charge < -0.3 is 10.1 Å². The number of hydrogen-bond donors (Lipinski definition) is 1. The van der Waals surface area contributed by atoms with Gasteiger partial charge in [0.15, 0.2) is 0 Å². The van der Waals surface area contributed by atoms with E-state index in [9.17, 15) is 0 Å². The molecule has 0 amide bonds. The minimum atomic E-state index is 0.750. The molecule has 2 heteroatoms. The second kappa shape index (κ2) is 5.33. The maximum atomic E-state index is 5.25. The fourth-order valence-electron chi connectivity index (χ4n) is 1.25. The maximum absolute atomic E-state index is 5.25. The van der Waals surface area contributed by atoms with Crippen molar-refractivity contribution in [1.29, 1.82) is 0 Å². The van der Waals surface area contributed by atoms with E-state index in [1.54, 1.807) is 0 Å². The summed E-state index contributed by atoms with van der Waals surface area (Å²) in [5.74, 6) is 0.750. The average molecular weight is 155 g/mol. The fourth-order valence-corrected chi connectivity index (χ4v) is 1.25. The summed E-state index contributed by atoms with van der Waals surface area (Å²) in [6.45, 7) is 7.72. The second-order valence-corrected chi connectivity index (χ2v) is 3.01. The van der Waals surface area contributed by atoms with Gasteiger partial charge in [0.25, 0.3) is 0 Å². The van der Waals surface area contributed by atoms with E-state index in [0.717, 1.165) is 38.6 Å². The molecule has 11 heavy (non-hydrogen) atoms. The Morgan fingerprint density at radius 3 is 3.18 bits per heavy atom. The van der Waals surface area contributed by atoms with Gasteiger partial charge in [-0.15, -0.1) is 6.58 Å². The molecule has 0 aromatic heterocycles. The number of hydrogen-bond acceptors (Lipinski definition) is 2. The molecule has 64 valence electrons. The van der Waals surface area contributed by atoms with E-state index in [-0.39, 0.29) is 0 Å². The number of nitrogens with one attached hydrogen (secondary N) is 1. The average Bonchev–Trinajstić information content (AvgIpc) is 2.50. The van der Waals surface area contributed by atoms with Gasteiger partial charge in [0, 0.05) is 13.2 Å². The Bertz CT molecular complexity index is 108. The molecule has 1 aliphatic rings. The molecule has 0 aromatic carbocycles. The summed E-state index contributed by atoms with van der Waals surface area (Å²) >= 11 is 0. The lowest BCUT2D eigenvalue weighted by molar-refractivity contribution is 0.185. The summed E-state index contributed by atoms with van der Waals surface area (Å²) in [4.78, 5) is 0. The summed E-state index contributed by atoms with van der Waals surface area (Å²) in [6.07, 6.45) is 4.23. The van der Waals surface area contributed by atoms with Gasteiger partial charge in [0.05, 0.1) is 6.61 Å². The van der Waals surface area contributed by atoms with Crippen molar-refractivity contribution in [2.24, 2.45) is 5.92 Å². The first-order chi connectivity index (χ1) is 5.43. The molecule has 1 atom stereocenters. The van der Waals surface area contributed by atoms with Crippen LogP contribution >= 0.6 is 0 Å². The molecule has 0 bridgehead atoms. The lowest BCUT2D eigenvalue weighted by atomic mass is 10.1. The van der Waals surface area contributed by atoms with Gasteiger partial charge in [-0.3, -0.25) is 0 Å². The minimum Gasteiger partial charge on any atom is -0.381 e. The van der Waals surface area contributed by atoms with Crippen LogP contribution in [0.5, 0.6) is 0 Å². The van der Waals surface area contributed by atoms with Crippen LogP contribution in [0.3, 0.4) is 0 Å². The molecule has 0 radical (unpaired) electrons. The molecule has 1 aliphatic heterocycles. The third-order valence-corrected chi connectivity index (χ3v) is 1.98. The van der Waals surface area contributed by atoms with Crippen LogP contribution in [-0.2, 0) is 4.74 Å². The fraction of sp³-hybridized carbons (Fsp3) is 0.778. The highest BCUT2D eigenvalue weighted by atomic mass is 16.5. The van der Waals surface area contributed by atoms with Crippen molar-refractivity contribution in [1.82, 2.24) is 5.32 Å². The van der Waals surface area contributed by atoms with Crippen LogP contribution < -0.4 is 5.32 Å². The third-order valence-electron chi connectivity index (χ3n) is 1.98. The van der Waals surface area contributed by atoms with Crippen molar-refractivity contribution in [2.75, 3.05) is 26.3 Å². The summed E-state index contributed by atoms with van der Waals surface area (Å²) in [5, 5.41) is 3.38. The maximum Gasteiger partial charge on any atom is 0.0507 e.